The summed E-state index contributed by atoms with van der Waals surface area (Å²) in [6.45, 7) is 1.77. The number of methoxy groups -OCH3 is 3. The fourth-order valence-electron chi connectivity index (χ4n) is 3.98. The highest BCUT2D eigenvalue weighted by molar-refractivity contribution is 5.95. The molecule has 0 unspecified atom stereocenters. The number of ether oxygens (including phenoxy) is 3. The van der Waals surface area contributed by atoms with E-state index in [4.69, 9.17) is 14.2 Å². The summed E-state index contributed by atoms with van der Waals surface area (Å²) in [5.41, 5.74) is 0.843. The normalized spacial score (nSPS) is 22.2. The number of hydrogen-bond donors (Lipinski definition) is 0. The van der Waals surface area contributed by atoms with Gasteiger partial charge in [0.05, 0.1) is 27.2 Å². The van der Waals surface area contributed by atoms with Crippen LogP contribution < -0.4 is 4.74 Å². The molecule has 0 N–H and O–H groups in total. The molecular formula is C20H22O5. The third-order valence-electron chi connectivity index (χ3n) is 5.37. The monoisotopic (exact) mass is 342 g/mol. The fraction of sp³-hybridized carbons (Fsp3) is 0.400. The van der Waals surface area contributed by atoms with Gasteiger partial charge in [-0.25, -0.2) is 0 Å². The van der Waals surface area contributed by atoms with Crippen LogP contribution in [0.2, 0.25) is 0 Å². The lowest BCUT2D eigenvalue weighted by molar-refractivity contribution is -0.160. The lowest BCUT2D eigenvalue weighted by atomic mass is 9.63. The zero-order valence-corrected chi connectivity index (χ0v) is 14.9. The van der Waals surface area contributed by atoms with Crippen LogP contribution in [0.1, 0.15) is 24.5 Å². The minimum atomic E-state index is -1.07. The summed E-state index contributed by atoms with van der Waals surface area (Å²) in [5, 5.41) is 2.11. The molecule has 2 aromatic rings. The van der Waals surface area contributed by atoms with Gasteiger partial charge in [0, 0.05) is 0 Å². The molecule has 25 heavy (non-hydrogen) atoms. The molecule has 0 fully saturated rings. The van der Waals surface area contributed by atoms with Gasteiger partial charge in [-0.15, -0.1) is 0 Å². The summed E-state index contributed by atoms with van der Waals surface area (Å²) in [6, 6.07) is 9.76. The molecule has 132 valence electrons. The van der Waals surface area contributed by atoms with Crippen LogP contribution in [0.4, 0.5) is 0 Å². The van der Waals surface area contributed by atoms with Crippen LogP contribution in [-0.4, -0.2) is 33.3 Å². The highest BCUT2D eigenvalue weighted by Crippen LogP contribution is 2.45. The van der Waals surface area contributed by atoms with E-state index in [1.54, 1.807) is 14.0 Å². The minimum absolute atomic E-state index is 0.381. The first kappa shape index (κ1) is 17.3. The number of hydrogen-bond acceptors (Lipinski definition) is 5. The summed E-state index contributed by atoms with van der Waals surface area (Å²) in [7, 11) is 4.33. The van der Waals surface area contributed by atoms with Crippen molar-refractivity contribution in [2.75, 3.05) is 21.3 Å². The Morgan fingerprint density at radius 1 is 1.08 bits per heavy atom. The van der Waals surface area contributed by atoms with Crippen molar-refractivity contribution in [3.63, 3.8) is 0 Å². The maximum Gasteiger partial charge on any atom is 0.316 e. The molecule has 0 radical (unpaired) electrons. The maximum atomic E-state index is 12.7. The van der Waals surface area contributed by atoms with Gasteiger partial charge in [-0.05, 0) is 53.8 Å². The molecule has 0 aliphatic heterocycles. The Kier molecular flexibility index (Phi) is 4.41. The zero-order valence-electron chi connectivity index (χ0n) is 14.9. The quantitative estimate of drug-likeness (QED) is 0.803. The Hall–Kier alpha value is -2.56. The van der Waals surface area contributed by atoms with E-state index in [9.17, 15) is 9.59 Å². The summed E-state index contributed by atoms with van der Waals surface area (Å²) in [5.74, 6) is -0.579. The van der Waals surface area contributed by atoms with Gasteiger partial charge in [0.25, 0.3) is 0 Å². The van der Waals surface area contributed by atoms with Crippen molar-refractivity contribution in [3.8, 4) is 5.75 Å². The third kappa shape index (κ3) is 2.54. The van der Waals surface area contributed by atoms with Crippen LogP contribution >= 0.6 is 0 Å². The van der Waals surface area contributed by atoms with Gasteiger partial charge in [-0.2, -0.15) is 0 Å². The van der Waals surface area contributed by atoms with E-state index in [0.29, 0.717) is 12.8 Å². The number of aryl methyl sites for hydroxylation is 1. The highest BCUT2D eigenvalue weighted by Gasteiger charge is 2.51. The van der Waals surface area contributed by atoms with Crippen molar-refractivity contribution in [3.05, 3.63) is 41.5 Å². The van der Waals surface area contributed by atoms with Crippen LogP contribution in [0.15, 0.2) is 30.3 Å². The Morgan fingerprint density at radius 3 is 2.48 bits per heavy atom. The first-order chi connectivity index (χ1) is 12.0. The molecule has 3 rings (SSSR count). The van der Waals surface area contributed by atoms with E-state index in [0.717, 1.165) is 27.6 Å². The molecule has 0 amide bonds. The van der Waals surface area contributed by atoms with E-state index in [2.05, 4.69) is 0 Å². The predicted octanol–water partition coefficient (Wildman–Crippen LogP) is 3.01. The van der Waals surface area contributed by atoms with Gasteiger partial charge in [-0.3, -0.25) is 9.59 Å². The van der Waals surface area contributed by atoms with Gasteiger partial charge in [-0.1, -0.05) is 18.2 Å². The summed E-state index contributed by atoms with van der Waals surface area (Å²) < 4.78 is 15.3. The molecule has 2 atom stereocenters. The second kappa shape index (κ2) is 6.39. The summed E-state index contributed by atoms with van der Waals surface area (Å²) in [6.07, 6.45) is 1.24. The molecule has 2 aromatic carbocycles. The van der Waals surface area contributed by atoms with Crippen molar-refractivity contribution >= 4 is 22.7 Å². The van der Waals surface area contributed by atoms with Gasteiger partial charge >= 0.3 is 11.9 Å². The minimum Gasteiger partial charge on any atom is -0.497 e. The number of benzene rings is 2. The van der Waals surface area contributed by atoms with E-state index in [-0.39, 0.29) is 5.97 Å². The van der Waals surface area contributed by atoms with Crippen LogP contribution in [0.25, 0.3) is 10.8 Å². The van der Waals surface area contributed by atoms with Crippen LogP contribution in [0.3, 0.4) is 0 Å². The number of carbonyl (C=O) groups is 2. The lowest BCUT2D eigenvalue weighted by Crippen LogP contribution is -2.48. The van der Waals surface area contributed by atoms with Crippen molar-refractivity contribution in [1.29, 1.82) is 0 Å². The first-order valence-electron chi connectivity index (χ1n) is 8.23. The molecule has 0 saturated carbocycles. The number of rotatable bonds is 3. The fourth-order valence-corrected chi connectivity index (χ4v) is 3.98. The van der Waals surface area contributed by atoms with E-state index < -0.39 is 17.3 Å². The number of esters is 2. The molecule has 5 nitrogen and oxygen atoms in total. The Labute approximate surface area is 146 Å². The average molecular weight is 342 g/mol. The molecular weight excluding hydrogens is 320 g/mol. The Morgan fingerprint density at radius 2 is 1.84 bits per heavy atom. The van der Waals surface area contributed by atoms with Crippen molar-refractivity contribution in [1.82, 2.24) is 0 Å². The summed E-state index contributed by atoms with van der Waals surface area (Å²) in [4.78, 5) is 25.0. The topological polar surface area (TPSA) is 61.8 Å². The second-order valence-electron chi connectivity index (χ2n) is 6.49. The van der Waals surface area contributed by atoms with Crippen LogP contribution in [0.5, 0.6) is 5.75 Å². The smallest absolute Gasteiger partial charge is 0.316 e. The Balaban J connectivity index is 2.24. The molecule has 0 heterocycles. The second-order valence-corrected chi connectivity index (χ2v) is 6.49. The van der Waals surface area contributed by atoms with Crippen molar-refractivity contribution in [2.45, 2.75) is 25.2 Å². The Bertz CT molecular complexity index is 841. The standard InChI is InChI=1S/C20H22O5/c1-20(19(22)25-4)16-9-5-12-11-13(23-2)6-7-14(12)15(16)8-10-17(20)18(21)24-3/h5-7,9,11,17H,8,10H2,1-4H3/t17-,20-/m1/s1. The first-order valence-corrected chi connectivity index (χ1v) is 8.23. The van der Waals surface area contributed by atoms with Crippen molar-refractivity contribution in [2.24, 2.45) is 5.92 Å². The average Bonchev–Trinajstić information content (AvgIpc) is 2.66. The predicted molar refractivity (Wildman–Crippen MR) is 93.7 cm³/mol. The van der Waals surface area contributed by atoms with E-state index >= 15 is 0 Å². The number of fused-ring (bicyclic) bond motifs is 3. The van der Waals surface area contributed by atoms with Gasteiger partial charge < -0.3 is 14.2 Å². The van der Waals surface area contributed by atoms with Gasteiger partial charge in [0.15, 0.2) is 0 Å². The summed E-state index contributed by atoms with van der Waals surface area (Å²) >= 11 is 0. The highest BCUT2D eigenvalue weighted by atomic mass is 16.5. The van der Waals surface area contributed by atoms with Crippen LogP contribution in [-0.2, 0) is 30.9 Å². The molecule has 1 aliphatic rings. The number of carbonyl (C=O) groups excluding carboxylic acids is 2. The zero-order chi connectivity index (χ0) is 18.2. The van der Waals surface area contributed by atoms with Gasteiger partial charge in [0.2, 0.25) is 0 Å². The van der Waals surface area contributed by atoms with E-state index in [1.807, 2.05) is 30.3 Å². The van der Waals surface area contributed by atoms with E-state index in [1.165, 1.54) is 14.2 Å². The molecule has 5 heteroatoms. The molecule has 0 spiro atoms. The third-order valence-corrected chi connectivity index (χ3v) is 5.37. The molecule has 0 saturated heterocycles. The molecule has 1 aliphatic carbocycles. The largest absolute Gasteiger partial charge is 0.497 e. The molecule has 0 bridgehead atoms. The SMILES string of the molecule is COC(=O)[C@H]1CCc2c(ccc3cc(OC)ccc23)[C@@]1(C)C(=O)OC. The lowest BCUT2D eigenvalue weighted by Gasteiger charge is -2.39. The van der Waals surface area contributed by atoms with Gasteiger partial charge in [0.1, 0.15) is 11.2 Å². The van der Waals surface area contributed by atoms with Crippen molar-refractivity contribution < 1.29 is 23.8 Å². The molecule has 0 aromatic heterocycles. The maximum absolute atomic E-state index is 12.7. The van der Waals surface area contributed by atoms with Crippen LogP contribution in [0, 0.1) is 5.92 Å².